The Morgan fingerprint density at radius 2 is 2.19 bits per heavy atom. The molecule has 16 heavy (non-hydrogen) atoms. The van der Waals surface area contributed by atoms with Crippen molar-refractivity contribution in [3.63, 3.8) is 0 Å². The van der Waals surface area contributed by atoms with E-state index in [0.717, 1.165) is 6.42 Å². The van der Waals surface area contributed by atoms with Crippen LogP contribution in [0.2, 0.25) is 0 Å². The molecular weight excluding hydrogens is 198 g/mol. The fourth-order valence-corrected chi connectivity index (χ4v) is 1.97. The summed E-state index contributed by atoms with van der Waals surface area (Å²) < 4.78 is 2.15. The zero-order chi connectivity index (χ0) is 12.1. The smallest absolute Gasteiger partial charge is 0.0951 e. The first-order valence-corrected chi connectivity index (χ1v) is 5.77. The molecule has 0 spiro atoms. The summed E-state index contributed by atoms with van der Waals surface area (Å²) in [6.45, 7) is 7.12. The first-order valence-electron chi connectivity index (χ1n) is 5.77. The van der Waals surface area contributed by atoms with Gasteiger partial charge in [-0.15, -0.1) is 12.3 Å². The molecule has 2 atom stereocenters. The molecule has 1 heterocycles. The summed E-state index contributed by atoms with van der Waals surface area (Å²) in [4.78, 5) is 4.22. The first-order chi connectivity index (χ1) is 7.61. The van der Waals surface area contributed by atoms with Crippen LogP contribution in [0.3, 0.4) is 0 Å². The Morgan fingerprint density at radius 1 is 1.50 bits per heavy atom. The van der Waals surface area contributed by atoms with E-state index in [1.807, 2.05) is 12.5 Å². The van der Waals surface area contributed by atoms with E-state index in [-0.39, 0.29) is 6.04 Å². The van der Waals surface area contributed by atoms with Gasteiger partial charge in [-0.3, -0.25) is 0 Å². The molecule has 2 N–H and O–H groups in total. The van der Waals surface area contributed by atoms with E-state index < -0.39 is 0 Å². The molecule has 0 aliphatic carbocycles. The van der Waals surface area contributed by atoms with Crippen molar-refractivity contribution in [2.45, 2.75) is 39.2 Å². The van der Waals surface area contributed by atoms with Crippen LogP contribution in [-0.4, -0.2) is 16.1 Å². The normalized spacial score (nSPS) is 14.8. The average molecular weight is 219 g/mol. The molecule has 3 nitrogen and oxygen atoms in total. The van der Waals surface area contributed by atoms with E-state index in [1.54, 1.807) is 0 Å². The standard InChI is InChI=1S/C13H21N3/c1-5-6-11(4)16-9-15-8-13(16)12(7-14)10(2)3/h1,8-12H,6-7,14H2,2-4H3. The van der Waals surface area contributed by atoms with Crippen LogP contribution in [0.15, 0.2) is 12.5 Å². The second kappa shape index (κ2) is 5.72. The number of terminal acetylenes is 1. The summed E-state index contributed by atoms with van der Waals surface area (Å²) >= 11 is 0. The Bertz CT molecular complexity index is 359. The molecule has 0 saturated carbocycles. The van der Waals surface area contributed by atoms with E-state index in [2.05, 4.69) is 36.2 Å². The van der Waals surface area contributed by atoms with Gasteiger partial charge in [0.15, 0.2) is 0 Å². The molecule has 0 aliphatic rings. The van der Waals surface area contributed by atoms with Crippen LogP contribution in [0, 0.1) is 18.3 Å². The Morgan fingerprint density at radius 3 is 2.69 bits per heavy atom. The lowest BCUT2D eigenvalue weighted by molar-refractivity contribution is 0.447. The molecule has 1 aromatic rings. The van der Waals surface area contributed by atoms with Gasteiger partial charge in [0.1, 0.15) is 0 Å². The molecule has 0 aliphatic heterocycles. The van der Waals surface area contributed by atoms with Crippen LogP contribution >= 0.6 is 0 Å². The highest BCUT2D eigenvalue weighted by Crippen LogP contribution is 2.26. The maximum Gasteiger partial charge on any atom is 0.0951 e. The topological polar surface area (TPSA) is 43.8 Å². The van der Waals surface area contributed by atoms with Crippen LogP contribution in [-0.2, 0) is 0 Å². The van der Waals surface area contributed by atoms with Crippen molar-refractivity contribution in [3.8, 4) is 12.3 Å². The first kappa shape index (κ1) is 12.8. The quantitative estimate of drug-likeness (QED) is 0.771. The maximum atomic E-state index is 5.83. The molecule has 0 aromatic carbocycles. The lowest BCUT2D eigenvalue weighted by atomic mass is 9.92. The zero-order valence-electron chi connectivity index (χ0n) is 10.4. The Labute approximate surface area is 98.1 Å². The number of imidazole rings is 1. The lowest BCUT2D eigenvalue weighted by Crippen LogP contribution is -2.22. The minimum Gasteiger partial charge on any atom is -0.331 e. The summed E-state index contributed by atoms with van der Waals surface area (Å²) in [5, 5.41) is 0. The summed E-state index contributed by atoms with van der Waals surface area (Å²) in [6, 6.07) is 0.287. The largest absolute Gasteiger partial charge is 0.331 e. The van der Waals surface area contributed by atoms with Crippen molar-refractivity contribution in [3.05, 3.63) is 18.2 Å². The highest BCUT2D eigenvalue weighted by atomic mass is 15.1. The van der Waals surface area contributed by atoms with Crippen LogP contribution in [0.4, 0.5) is 0 Å². The Balaban J connectivity index is 2.97. The van der Waals surface area contributed by atoms with E-state index in [0.29, 0.717) is 18.4 Å². The van der Waals surface area contributed by atoms with Crippen molar-refractivity contribution >= 4 is 0 Å². The van der Waals surface area contributed by atoms with Gasteiger partial charge < -0.3 is 10.3 Å². The molecule has 0 amide bonds. The molecule has 1 rings (SSSR count). The van der Waals surface area contributed by atoms with Crippen LogP contribution in [0.5, 0.6) is 0 Å². The number of nitrogens with zero attached hydrogens (tertiary/aromatic N) is 2. The third kappa shape index (κ3) is 2.65. The number of hydrogen-bond acceptors (Lipinski definition) is 2. The summed E-state index contributed by atoms with van der Waals surface area (Å²) in [5.41, 5.74) is 7.02. The van der Waals surface area contributed by atoms with Crippen LogP contribution < -0.4 is 5.73 Å². The molecule has 0 radical (unpaired) electrons. The van der Waals surface area contributed by atoms with Crippen molar-refractivity contribution in [1.82, 2.24) is 9.55 Å². The van der Waals surface area contributed by atoms with Gasteiger partial charge in [0, 0.05) is 36.8 Å². The second-order valence-electron chi connectivity index (χ2n) is 4.57. The monoisotopic (exact) mass is 219 g/mol. The van der Waals surface area contributed by atoms with Crippen molar-refractivity contribution in [1.29, 1.82) is 0 Å². The molecule has 1 aromatic heterocycles. The molecule has 2 unspecified atom stereocenters. The van der Waals surface area contributed by atoms with Crippen LogP contribution in [0.25, 0.3) is 0 Å². The van der Waals surface area contributed by atoms with E-state index in [1.165, 1.54) is 5.69 Å². The summed E-state index contributed by atoms with van der Waals surface area (Å²) in [5.74, 6) is 3.55. The number of nitrogens with two attached hydrogens (primary N) is 1. The minimum atomic E-state index is 0.287. The maximum absolute atomic E-state index is 5.83. The third-order valence-corrected chi connectivity index (χ3v) is 3.02. The zero-order valence-corrected chi connectivity index (χ0v) is 10.4. The van der Waals surface area contributed by atoms with Crippen molar-refractivity contribution in [2.24, 2.45) is 11.7 Å². The lowest BCUT2D eigenvalue weighted by Gasteiger charge is -2.23. The van der Waals surface area contributed by atoms with Crippen molar-refractivity contribution in [2.75, 3.05) is 6.54 Å². The predicted molar refractivity (Wildman–Crippen MR) is 67.0 cm³/mol. The predicted octanol–water partition coefficient (Wildman–Crippen LogP) is 2.17. The van der Waals surface area contributed by atoms with Crippen LogP contribution in [0.1, 0.15) is 44.8 Å². The van der Waals surface area contributed by atoms with E-state index in [4.69, 9.17) is 12.2 Å². The molecule has 0 fully saturated rings. The fourth-order valence-electron chi connectivity index (χ4n) is 1.97. The SMILES string of the molecule is C#CCC(C)n1cncc1C(CN)C(C)C. The van der Waals surface area contributed by atoms with Gasteiger partial charge in [0.2, 0.25) is 0 Å². The third-order valence-electron chi connectivity index (χ3n) is 3.02. The molecule has 0 saturated heterocycles. The molecular formula is C13H21N3. The number of aromatic nitrogens is 2. The Kier molecular flexibility index (Phi) is 4.57. The summed E-state index contributed by atoms with van der Waals surface area (Å²) in [7, 11) is 0. The summed E-state index contributed by atoms with van der Waals surface area (Å²) in [6.07, 6.45) is 9.82. The van der Waals surface area contributed by atoms with E-state index >= 15 is 0 Å². The van der Waals surface area contributed by atoms with Gasteiger partial charge in [-0.05, 0) is 12.8 Å². The highest BCUT2D eigenvalue weighted by molar-refractivity contribution is 5.10. The highest BCUT2D eigenvalue weighted by Gasteiger charge is 2.19. The number of rotatable bonds is 5. The van der Waals surface area contributed by atoms with Gasteiger partial charge in [-0.25, -0.2) is 4.98 Å². The molecule has 88 valence electrons. The van der Waals surface area contributed by atoms with Gasteiger partial charge in [0.25, 0.3) is 0 Å². The van der Waals surface area contributed by atoms with Gasteiger partial charge in [-0.1, -0.05) is 13.8 Å². The van der Waals surface area contributed by atoms with Crippen molar-refractivity contribution < 1.29 is 0 Å². The number of hydrogen-bond donors (Lipinski definition) is 1. The van der Waals surface area contributed by atoms with Gasteiger partial charge in [0.05, 0.1) is 6.33 Å². The average Bonchev–Trinajstić information content (AvgIpc) is 2.67. The van der Waals surface area contributed by atoms with E-state index in [9.17, 15) is 0 Å². The second-order valence-corrected chi connectivity index (χ2v) is 4.57. The van der Waals surface area contributed by atoms with Gasteiger partial charge >= 0.3 is 0 Å². The fraction of sp³-hybridized carbons (Fsp3) is 0.615. The van der Waals surface area contributed by atoms with Gasteiger partial charge in [-0.2, -0.15) is 0 Å². The minimum absolute atomic E-state index is 0.287. The molecule has 3 heteroatoms. The Hall–Kier alpha value is -1.27. The molecule has 0 bridgehead atoms.